The lowest BCUT2D eigenvalue weighted by Crippen LogP contribution is -2.40. The second-order valence-corrected chi connectivity index (χ2v) is 6.49. The van der Waals surface area contributed by atoms with E-state index in [2.05, 4.69) is 26.6 Å². The fourth-order valence-corrected chi connectivity index (χ4v) is 3.09. The van der Waals surface area contributed by atoms with Gasteiger partial charge in [-0.25, -0.2) is 0 Å². The molecular weight excluding hydrogens is 368 g/mol. The Kier molecular flexibility index (Phi) is 4.12. The normalized spacial score (nSPS) is 20.1. The van der Waals surface area contributed by atoms with Crippen LogP contribution in [0.15, 0.2) is 40.9 Å². The standard InChI is InChI=1S/C16H14BrClN2O2/c1-8-7-9(5-6-11(8)17)15-19-13-10(3-2-4-12(13)18)14(20-15)16(21)22/h2-7,14-15,19-20H,1H3,(H,21,22). The molecule has 3 N–H and O–H groups in total. The highest BCUT2D eigenvalue weighted by Crippen LogP contribution is 2.38. The van der Waals surface area contributed by atoms with Crippen molar-refractivity contribution >= 4 is 39.2 Å². The fraction of sp³-hybridized carbons (Fsp3) is 0.188. The Morgan fingerprint density at radius 2 is 2.09 bits per heavy atom. The molecule has 2 aromatic rings. The summed E-state index contributed by atoms with van der Waals surface area (Å²) in [6.07, 6.45) is -0.319. The van der Waals surface area contributed by atoms with Crippen LogP contribution in [0.5, 0.6) is 0 Å². The molecule has 2 unspecified atom stereocenters. The smallest absolute Gasteiger partial charge is 0.325 e. The summed E-state index contributed by atoms with van der Waals surface area (Å²) < 4.78 is 1.01. The molecule has 1 aliphatic rings. The first-order valence-electron chi connectivity index (χ1n) is 6.77. The van der Waals surface area contributed by atoms with E-state index in [-0.39, 0.29) is 6.17 Å². The number of hydrogen-bond acceptors (Lipinski definition) is 3. The first kappa shape index (κ1) is 15.3. The number of halogens is 2. The Labute approximate surface area is 141 Å². The molecule has 0 bridgehead atoms. The van der Waals surface area contributed by atoms with Gasteiger partial charge >= 0.3 is 5.97 Å². The van der Waals surface area contributed by atoms with Crippen LogP contribution in [0.25, 0.3) is 0 Å². The number of aliphatic carboxylic acids is 1. The Bertz CT molecular complexity index is 751. The number of para-hydroxylation sites is 1. The zero-order valence-electron chi connectivity index (χ0n) is 11.7. The summed E-state index contributed by atoms with van der Waals surface area (Å²) in [6, 6.07) is 10.4. The molecular formula is C16H14BrClN2O2. The Morgan fingerprint density at radius 1 is 1.32 bits per heavy atom. The second-order valence-electron chi connectivity index (χ2n) is 5.23. The van der Waals surface area contributed by atoms with Crippen molar-refractivity contribution in [3.8, 4) is 0 Å². The van der Waals surface area contributed by atoms with Crippen molar-refractivity contribution in [2.45, 2.75) is 19.1 Å². The van der Waals surface area contributed by atoms with Crippen LogP contribution in [0.3, 0.4) is 0 Å². The summed E-state index contributed by atoms with van der Waals surface area (Å²) in [4.78, 5) is 11.6. The highest BCUT2D eigenvalue weighted by Gasteiger charge is 2.32. The van der Waals surface area contributed by atoms with Crippen LogP contribution in [0.2, 0.25) is 5.02 Å². The largest absolute Gasteiger partial charge is 0.480 e. The van der Waals surface area contributed by atoms with Gasteiger partial charge in [-0.1, -0.05) is 51.8 Å². The van der Waals surface area contributed by atoms with E-state index in [4.69, 9.17) is 11.6 Å². The molecule has 0 amide bonds. The summed E-state index contributed by atoms with van der Waals surface area (Å²) in [5.41, 5.74) is 3.35. The van der Waals surface area contributed by atoms with E-state index in [0.29, 0.717) is 16.3 Å². The van der Waals surface area contributed by atoms with Gasteiger partial charge in [-0.15, -0.1) is 0 Å². The number of fused-ring (bicyclic) bond motifs is 1. The summed E-state index contributed by atoms with van der Waals surface area (Å²) in [5, 5.41) is 16.4. The molecule has 0 fully saturated rings. The van der Waals surface area contributed by atoms with Gasteiger partial charge in [0.15, 0.2) is 0 Å². The quantitative estimate of drug-likeness (QED) is 0.728. The highest BCUT2D eigenvalue weighted by atomic mass is 79.9. The molecule has 2 atom stereocenters. The topological polar surface area (TPSA) is 61.4 Å². The number of rotatable bonds is 2. The van der Waals surface area contributed by atoms with Gasteiger partial charge in [0.2, 0.25) is 0 Å². The molecule has 0 spiro atoms. The molecule has 0 radical (unpaired) electrons. The van der Waals surface area contributed by atoms with Gasteiger partial charge < -0.3 is 10.4 Å². The monoisotopic (exact) mass is 380 g/mol. The van der Waals surface area contributed by atoms with E-state index in [1.165, 1.54) is 0 Å². The highest BCUT2D eigenvalue weighted by molar-refractivity contribution is 9.10. The van der Waals surface area contributed by atoms with Crippen LogP contribution in [-0.2, 0) is 4.79 Å². The van der Waals surface area contributed by atoms with E-state index in [1.807, 2.05) is 25.1 Å². The van der Waals surface area contributed by atoms with Crippen LogP contribution < -0.4 is 10.6 Å². The number of anilines is 1. The van der Waals surface area contributed by atoms with Gasteiger partial charge in [-0.2, -0.15) is 0 Å². The molecule has 0 saturated carbocycles. The number of carboxylic acid groups (broad SMARTS) is 1. The predicted molar refractivity (Wildman–Crippen MR) is 90.2 cm³/mol. The van der Waals surface area contributed by atoms with Gasteiger partial charge in [0.05, 0.1) is 10.7 Å². The lowest BCUT2D eigenvalue weighted by molar-refractivity contribution is -0.140. The number of hydrogen-bond donors (Lipinski definition) is 3. The summed E-state index contributed by atoms with van der Waals surface area (Å²) in [7, 11) is 0. The van der Waals surface area contributed by atoms with Crippen molar-refractivity contribution in [2.24, 2.45) is 0 Å². The first-order valence-corrected chi connectivity index (χ1v) is 7.94. The molecule has 1 aliphatic heterocycles. The molecule has 0 aliphatic carbocycles. The number of carboxylic acids is 1. The summed E-state index contributed by atoms with van der Waals surface area (Å²) in [5.74, 6) is -0.927. The lowest BCUT2D eigenvalue weighted by Gasteiger charge is -2.33. The van der Waals surface area contributed by atoms with Crippen molar-refractivity contribution in [1.82, 2.24) is 5.32 Å². The number of carbonyl (C=O) groups is 1. The summed E-state index contributed by atoms with van der Waals surface area (Å²) in [6.45, 7) is 1.99. The third-order valence-corrected chi connectivity index (χ3v) is 4.95. The molecule has 114 valence electrons. The van der Waals surface area contributed by atoms with Crippen LogP contribution >= 0.6 is 27.5 Å². The van der Waals surface area contributed by atoms with E-state index < -0.39 is 12.0 Å². The molecule has 3 rings (SSSR count). The second kappa shape index (κ2) is 5.91. The minimum atomic E-state index is -0.927. The average Bonchev–Trinajstić information content (AvgIpc) is 2.49. The van der Waals surface area contributed by atoms with Gasteiger partial charge in [-0.05, 0) is 30.2 Å². The zero-order chi connectivity index (χ0) is 15.9. The number of aryl methyl sites for hydroxylation is 1. The van der Waals surface area contributed by atoms with Crippen molar-refractivity contribution in [2.75, 3.05) is 5.32 Å². The third kappa shape index (κ3) is 2.72. The van der Waals surface area contributed by atoms with Crippen LogP contribution in [0.4, 0.5) is 5.69 Å². The molecule has 4 nitrogen and oxygen atoms in total. The van der Waals surface area contributed by atoms with E-state index in [0.717, 1.165) is 15.6 Å². The van der Waals surface area contributed by atoms with Crippen molar-refractivity contribution < 1.29 is 9.90 Å². The third-order valence-electron chi connectivity index (χ3n) is 3.74. The van der Waals surface area contributed by atoms with Crippen molar-refractivity contribution in [3.05, 3.63) is 62.6 Å². The van der Waals surface area contributed by atoms with Gasteiger partial charge in [-0.3, -0.25) is 10.1 Å². The average molecular weight is 382 g/mol. The van der Waals surface area contributed by atoms with Crippen LogP contribution in [-0.4, -0.2) is 11.1 Å². The SMILES string of the molecule is Cc1cc(C2Nc3c(Cl)cccc3C(C(=O)O)N2)ccc1Br. The Balaban J connectivity index is 2.04. The lowest BCUT2D eigenvalue weighted by atomic mass is 9.98. The maximum absolute atomic E-state index is 11.6. The molecule has 0 saturated heterocycles. The van der Waals surface area contributed by atoms with Crippen molar-refractivity contribution in [3.63, 3.8) is 0 Å². The molecule has 2 aromatic carbocycles. The van der Waals surface area contributed by atoms with Crippen molar-refractivity contribution in [1.29, 1.82) is 0 Å². The van der Waals surface area contributed by atoms with E-state index in [9.17, 15) is 9.90 Å². The fourth-order valence-electron chi connectivity index (χ4n) is 2.61. The molecule has 6 heteroatoms. The van der Waals surface area contributed by atoms with E-state index >= 15 is 0 Å². The first-order chi connectivity index (χ1) is 10.5. The maximum atomic E-state index is 11.6. The maximum Gasteiger partial charge on any atom is 0.325 e. The summed E-state index contributed by atoms with van der Waals surface area (Å²) >= 11 is 9.70. The zero-order valence-corrected chi connectivity index (χ0v) is 14.1. The number of benzene rings is 2. The predicted octanol–water partition coefficient (Wildman–Crippen LogP) is 4.25. The van der Waals surface area contributed by atoms with Gasteiger partial charge in [0, 0.05) is 10.0 Å². The Morgan fingerprint density at radius 3 is 2.77 bits per heavy atom. The molecule has 22 heavy (non-hydrogen) atoms. The van der Waals surface area contributed by atoms with Crippen LogP contribution in [0.1, 0.15) is 28.9 Å². The number of nitrogens with one attached hydrogen (secondary N) is 2. The van der Waals surface area contributed by atoms with Gasteiger partial charge in [0.1, 0.15) is 12.2 Å². The van der Waals surface area contributed by atoms with Crippen LogP contribution in [0, 0.1) is 6.92 Å². The van der Waals surface area contributed by atoms with Gasteiger partial charge in [0.25, 0.3) is 0 Å². The Hall–Kier alpha value is -1.56. The molecule has 0 aromatic heterocycles. The minimum Gasteiger partial charge on any atom is -0.480 e. The minimum absolute atomic E-state index is 0.319. The molecule has 1 heterocycles. The van der Waals surface area contributed by atoms with E-state index in [1.54, 1.807) is 18.2 Å².